The molecule has 0 saturated heterocycles. The van der Waals surface area contributed by atoms with Gasteiger partial charge in [0.1, 0.15) is 0 Å². The summed E-state index contributed by atoms with van der Waals surface area (Å²) in [4.78, 5) is 14.2. The second-order valence-corrected chi connectivity index (χ2v) is 6.13. The number of anilines is 1. The molecule has 0 aliphatic rings. The average molecular weight is 347 g/mol. The smallest absolute Gasteiger partial charge is 0.229 e. The molecule has 0 radical (unpaired) electrons. The van der Waals surface area contributed by atoms with E-state index in [0.717, 1.165) is 15.6 Å². The van der Waals surface area contributed by atoms with Crippen molar-refractivity contribution in [1.82, 2.24) is 4.90 Å². The molecule has 0 spiro atoms. The molecule has 0 aliphatic carbocycles. The number of hydrogen-bond acceptors (Lipinski definition) is 2. The molecule has 2 aromatic carbocycles. The van der Waals surface area contributed by atoms with Crippen LogP contribution in [-0.2, 0) is 11.3 Å². The first-order valence-electron chi connectivity index (χ1n) is 6.82. The molecule has 0 aliphatic heterocycles. The first-order valence-corrected chi connectivity index (χ1v) is 7.61. The predicted octanol–water partition coefficient (Wildman–Crippen LogP) is 3.79. The summed E-state index contributed by atoms with van der Waals surface area (Å²) in [5.74, 6) is -0.113. The van der Waals surface area contributed by atoms with E-state index in [0.29, 0.717) is 12.2 Å². The van der Waals surface area contributed by atoms with Gasteiger partial charge in [0.05, 0.1) is 5.92 Å². The lowest BCUT2D eigenvalue weighted by Gasteiger charge is -2.22. The lowest BCUT2D eigenvalue weighted by molar-refractivity contribution is -0.131. The summed E-state index contributed by atoms with van der Waals surface area (Å²) in [5, 5.41) is 0. The normalized spacial score (nSPS) is 12.0. The van der Waals surface area contributed by atoms with E-state index in [-0.39, 0.29) is 11.8 Å². The van der Waals surface area contributed by atoms with Gasteiger partial charge in [-0.3, -0.25) is 4.79 Å². The van der Waals surface area contributed by atoms with Gasteiger partial charge in [-0.05, 0) is 42.3 Å². The van der Waals surface area contributed by atoms with Gasteiger partial charge in [0.15, 0.2) is 0 Å². The number of likely N-dealkylation sites (N-methyl/N-ethyl adjacent to an activating group) is 1. The van der Waals surface area contributed by atoms with Crippen LogP contribution in [0.2, 0.25) is 0 Å². The predicted molar refractivity (Wildman–Crippen MR) is 89.9 cm³/mol. The molecule has 0 fully saturated rings. The molecular formula is C17H19BrN2O. The molecule has 1 unspecified atom stereocenters. The van der Waals surface area contributed by atoms with Crippen LogP contribution in [0.1, 0.15) is 24.0 Å². The highest BCUT2D eigenvalue weighted by molar-refractivity contribution is 9.10. The quantitative estimate of drug-likeness (QED) is 0.856. The fourth-order valence-corrected chi connectivity index (χ4v) is 2.51. The second kappa shape index (κ2) is 6.76. The molecule has 4 heteroatoms. The Hall–Kier alpha value is -1.81. The minimum absolute atomic E-state index is 0.0866. The van der Waals surface area contributed by atoms with Gasteiger partial charge in [-0.15, -0.1) is 0 Å². The molecule has 110 valence electrons. The Labute approximate surface area is 133 Å². The Balaban J connectivity index is 2.06. The Morgan fingerprint density at radius 1 is 1.24 bits per heavy atom. The van der Waals surface area contributed by atoms with Gasteiger partial charge in [-0.25, -0.2) is 0 Å². The lowest BCUT2D eigenvalue weighted by Crippen LogP contribution is -2.30. The van der Waals surface area contributed by atoms with Crippen LogP contribution in [0.3, 0.4) is 0 Å². The zero-order valence-corrected chi connectivity index (χ0v) is 13.8. The Kier molecular flexibility index (Phi) is 5.02. The van der Waals surface area contributed by atoms with Crippen molar-refractivity contribution < 1.29 is 4.79 Å². The number of nitrogens with zero attached hydrogens (tertiary/aromatic N) is 1. The van der Waals surface area contributed by atoms with Gasteiger partial charge in [-0.2, -0.15) is 0 Å². The van der Waals surface area contributed by atoms with E-state index in [4.69, 9.17) is 5.73 Å². The van der Waals surface area contributed by atoms with Crippen molar-refractivity contribution in [2.75, 3.05) is 12.8 Å². The highest BCUT2D eigenvalue weighted by Gasteiger charge is 2.19. The number of nitrogens with two attached hydrogens (primary N) is 1. The van der Waals surface area contributed by atoms with Crippen molar-refractivity contribution in [2.24, 2.45) is 0 Å². The maximum absolute atomic E-state index is 12.5. The van der Waals surface area contributed by atoms with Crippen LogP contribution in [-0.4, -0.2) is 17.9 Å². The van der Waals surface area contributed by atoms with Gasteiger partial charge < -0.3 is 10.6 Å². The Morgan fingerprint density at radius 3 is 2.52 bits per heavy atom. The van der Waals surface area contributed by atoms with Crippen LogP contribution >= 0.6 is 15.9 Å². The summed E-state index contributed by atoms with van der Waals surface area (Å²) >= 11 is 3.41. The first kappa shape index (κ1) is 15.6. The third-order valence-corrected chi connectivity index (χ3v) is 4.02. The third kappa shape index (κ3) is 4.08. The minimum Gasteiger partial charge on any atom is -0.399 e. The third-order valence-electron chi connectivity index (χ3n) is 3.49. The lowest BCUT2D eigenvalue weighted by atomic mass is 9.99. The average Bonchev–Trinajstić information content (AvgIpc) is 2.48. The van der Waals surface area contributed by atoms with Crippen molar-refractivity contribution in [3.8, 4) is 0 Å². The van der Waals surface area contributed by atoms with Gasteiger partial charge in [0, 0.05) is 23.8 Å². The molecule has 0 bridgehead atoms. The van der Waals surface area contributed by atoms with E-state index in [1.807, 2.05) is 62.5 Å². The van der Waals surface area contributed by atoms with E-state index < -0.39 is 0 Å². The molecule has 0 saturated carbocycles. The summed E-state index contributed by atoms with van der Waals surface area (Å²) in [6, 6.07) is 15.5. The summed E-state index contributed by atoms with van der Waals surface area (Å²) in [6.45, 7) is 2.51. The molecule has 0 aromatic heterocycles. The van der Waals surface area contributed by atoms with Crippen LogP contribution in [0, 0.1) is 0 Å². The van der Waals surface area contributed by atoms with Crippen LogP contribution in [0.5, 0.6) is 0 Å². The van der Waals surface area contributed by atoms with E-state index in [1.54, 1.807) is 4.90 Å². The van der Waals surface area contributed by atoms with Crippen molar-refractivity contribution in [2.45, 2.75) is 19.4 Å². The van der Waals surface area contributed by atoms with Gasteiger partial charge in [0.25, 0.3) is 0 Å². The van der Waals surface area contributed by atoms with E-state index >= 15 is 0 Å². The summed E-state index contributed by atoms with van der Waals surface area (Å²) in [7, 11) is 1.83. The van der Waals surface area contributed by atoms with Crippen LogP contribution < -0.4 is 5.73 Å². The number of benzene rings is 2. The highest BCUT2D eigenvalue weighted by Crippen LogP contribution is 2.21. The summed E-state index contributed by atoms with van der Waals surface area (Å²) in [6.07, 6.45) is 0. The molecular weight excluding hydrogens is 328 g/mol. The van der Waals surface area contributed by atoms with E-state index in [9.17, 15) is 4.79 Å². The Morgan fingerprint density at radius 2 is 1.90 bits per heavy atom. The maximum Gasteiger partial charge on any atom is 0.229 e. The van der Waals surface area contributed by atoms with Crippen molar-refractivity contribution >= 4 is 27.5 Å². The zero-order valence-electron chi connectivity index (χ0n) is 12.2. The fourth-order valence-electron chi connectivity index (χ4n) is 2.24. The van der Waals surface area contributed by atoms with E-state index in [1.165, 1.54) is 0 Å². The number of nitrogen functional groups attached to an aromatic ring is 1. The van der Waals surface area contributed by atoms with Crippen molar-refractivity contribution in [3.05, 3.63) is 64.1 Å². The molecule has 0 heterocycles. The number of amides is 1. The SMILES string of the molecule is CC(C(=O)N(C)Cc1ccc(Br)cc1)c1cccc(N)c1. The van der Waals surface area contributed by atoms with Crippen LogP contribution in [0.15, 0.2) is 53.0 Å². The standard InChI is InChI=1S/C17H19BrN2O/c1-12(14-4-3-5-16(19)10-14)17(21)20(2)11-13-6-8-15(18)9-7-13/h3-10,12H,11,19H2,1-2H3. The molecule has 21 heavy (non-hydrogen) atoms. The molecule has 1 atom stereocenters. The minimum atomic E-state index is -0.200. The Bertz CT molecular complexity index is 625. The molecule has 3 nitrogen and oxygen atoms in total. The summed E-state index contributed by atoms with van der Waals surface area (Å²) < 4.78 is 1.04. The topological polar surface area (TPSA) is 46.3 Å². The fraction of sp³-hybridized carbons (Fsp3) is 0.235. The molecule has 2 rings (SSSR count). The van der Waals surface area contributed by atoms with Crippen molar-refractivity contribution in [1.29, 1.82) is 0 Å². The molecule has 1 amide bonds. The molecule has 2 N–H and O–H groups in total. The number of hydrogen-bond donors (Lipinski definition) is 1. The van der Waals surface area contributed by atoms with Crippen molar-refractivity contribution in [3.63, 3.8) is 0 Å². The monoisotopic (exact) mass is 346 g/mol. The number of halogens is 1. The highest BCUT2D eigenvalue weighted by atomic mass is 79.9. The first-order chi connectivity index (χ1) is 9.97. The van der Waals surface area contributed by atoms with Crippen LogP contribution in [0.25, 0.3) is 0 Å². The second-order valence-electron chi connectivity index (χ2n) is 5.21. The van der Waals surface area contributed by atoms with Crippen LogP contribution in [0.4, 0.5) is 5.69 Å². The molecule has 2 aromatic rings. The van der Waals surface area contributed by atoms with Gasteiger partial charge in [0.2, 0.25) is 5.91 Å². The number of carbonyl (C=O) groups excluding carboxylic acids is 1. The summed E-state index contributed by atoms with van der Waals surface area (Å²) in [5.41, 5.74) is 8.52. The van der Waals surface area contributed by atoms with Gasteiger partial charge in [-0.1, -0.05) is 40.2 Å². The maximum atomic E-state index is 12.5. The zero-order chi connectivity index (χ0) is 15.4. The van der Waals surface area contributed by atoms with E-state index in [2.05, 4.69) is 15.9 Å². The number of carbonyl (C=O) groups is 1. The van der Waals surface area contributed by atoms with Gasteiger partial charge >= 0.3 is 0 Å². The number of rotatable bonds is 4. The largest absolute Gasteiger partial charge is 0.399 e.